The van der Waals surface area contributed by atoms with Gasteiger partial charge >= 0.3 is 0 Å². The maximum Gasteiger partial charge on any atom is 0.252 e. The summed E-state index contributed by atoms with van der Waals surface area (Å²) >= 11 is 1.24. The van der Waals surface area contributed by atoms with Gasteiger partial charge in [0.1, 0.15) is 4.21 Å². The number of nitrogens with one attached hydrogen (secondary N) is 1. The van der Waals surface area contributed by atoms with Crippen LogP contribution in [0.3, 0.4) is 0 Å². The van der Waals surface area contributed by atoms with Gasteiger partial charge in [-0.2, -0.15) is 4.31 Å². The first-order valence-electron chi connectivity index (χ1n) is 9.50. The Bertz CT molecular complexity index is 677. The van der Waals surface area contributed by atoms with Gasteiger partial charge in [0.2, 0.25) is 5.91 Å². The van der Waals surface area contributed by atoms with Gasteiger partial charge < -0.3 is 10.2 Å². The second-order valence-corrected chi connectivity index (χ2v) is 10.6. The number of carbonyl (C=O) groups is 1. The number of rotatable bonds is 7. The van der Waals surface area contributed by atoms with E-state index in [1.54, 1.807) is 17.5 Å². The van der Waals surface area contributed by atoms with E-state index in [9.17, 15) is 13.2 Å². The maximum atomic E-state index is 12.5. The van der Waals surface area contributed by atoms with Crippen LogP contribution in [0.15, 0.2) is 21.7 Å². The highest BCUT2D eigenvalue weighted by Gasteiger charge is 2.32. The lowest BCUT2D eigenvalue weighted by molar-refractivity contribution is -0.126. The van der Waals surface area contributed by atoms with Crippen LogP contribution in [0.25, 0.3) is 0 Å². The summed E-state index contributed by atoms with van der Waals surface area (Å²) in [4.78, 5) is 14.9. The molecule has 0 bridgehead atoms. The van der Waals surface area contributed by atoms with Crippen molar-refractivity contribution in [3.05, 3.63) is 17.5 Å². The smallest absolute Gasteiger partial charge is 0.252 e. The number of thiophene rings is 1. The Morgan fingerprint density at radius 1 is 1.27 bits per heavy atom. The molecule has 2 aliphatic heterocycles. The molecule has 1 aromatic rings. The Morgan fingerprint density at radius 3 is 2.58 bits per heavy atom. The van der Waals surface area contributed by atoms with Gasteiger partial charge in [-0.3, -0.25) is 4.79 Å². The van der Waals surface area contributed by atoms with E-state index < -0.39 is 10.0 Å². The number of carbonyl (C=O) groups excluding carboxylic acids is 1. The van der Waals surface area contributed by atoms with E-state index >= 15 is 0 Å². The molecule has 146 valence electrons. The van der Waals surface area contributed by atoms with Crippen LogP contribution in [0.2, 0.25) is 0 Å². The molecule has 0 saturated carbocycles. The highest BCUT2D eigenvalue weighted by atomic mass is 32.2. The summed E-state index contributed by atoms with van der Waals surface area (Å²) in [6, 6.07) is 3.39. The molecule has 2 fully saturated rings. The molecule has 0 unspecified atom stereocenters. The molecule has 2 saturated heterocycles. The molecule has 3 heterocycles. The molecular formula is C18H29N3O3S2. The van der Waals surface area contributed by atoms with Crippen LogP contribution in [0.5, 0.6) is 0 Å². The number of nitrogens with zero attached hydrogens (tertiary/aromatic N) is 2. The van der Waals surface area contributed by atoms with Gasteiger partial charge in [-0.1, -0.05) is 13.0 Å². The van der Waals surface area contributed by atoms with Gasteiger partial charge in [-0.15, -0.1) is 11.3 Å². The number of hydrogen-bond acceptors (Lipinski definition) is 5. The fraction of sp³-hybridized carbons (Fsp3) is 0.722. The summed E-state index contributed by atoms with van der Waals surface area (Å²) in [7, 11) is -3.39. The quantitative estimate of drug-likeness (QED) is 0.761. The van der Waals surface area contributed by atoms with Crippen LogP contribution in [0.1, 0.15) is 32.6 Å². The fourth-order valence-corrected chi connectivity index (χ4v) is 6.40. The monoisotopic (exact) mass is 399 g/mol. The first-order valence-corrected chi connectivity index (χ1v) is 11.8. The van der Waals surface area contributed by atoms with Gasteiger partial charge in [0, 0.05) is 32.1 Å². The first-order chi connectivity index (χ1) is 12.5. The topological polar surface area (TPSA) is 69.7 Å². The first kappa shape index (κ1) is 19.8. The van der Waals surface area contributed by atoms with Crippen LogP contribution in [-0.2, 0) is 14.8 Å². The lowest BCUT2D eigenvalue weighted by Crippen LogP contribution is -2.44. The van der Waals surface area contributed by atoms with Crippen molar-refractivity contribution in [1.29, 1.82) is 0 Å². The van der Waals surface area contributed by atoms with Crippen LogP contribution < -0.4 is 5.32 Å². The minimum Gasteiger partial charge on any atom is -0.356 e. The van der Waals surface area contributed by atoms with Crippen molar-refractivity contribution < 1.29 is 13.2 Å². The average Bonchev–Trinajstić information content (AvgIpc) is 3.34. The van der Waals surface area contributed by atoms with E-state index in [4.69, 9.17) is 0 Å². The standard InChI is InChI=1S/C18H29N3O3S2/c1-15(14-20-8-2-3-9-20)13-19-18(22)16-6-10-21(11-7-16)26(23,24)17-5-4-12-25-17/h4-5,12,15-16H,2-3,6-11,13-14H2,1H3,(H,19,22)/t15-/m0/s1. The molecule has 0 aromatic carbocycles. The highest BCUT2D eigenvalue weighted by molar-refractivity contribution is 7.91. The predicted octanol–water partition coefficient (Wildman–Crippen LogP) is 2.00. The van der Waals surface area contributed by atoms with Crippen molar-refractivity contribution >= 4 is 27.3 Å². The minimum atomic E-state index is -3.39. The fourth-order valence-electron chi connectivity index (χ4n) is 3.79. The zero-order valence-corrected chi connectivity index (χ0v) is 17.0. The third-order valence-corrected chi connectivity index (χ3v) is 8.58. The summed E-state index contributed by atoms with van der Waals surface area (Å²) in [6.45, 7) is 7.10. The van der Waals surface area contributed by atoms with E-state index in [2.05, 4.69) is 17.1 Å². The lowest BCUT2D eigenvalue weighted by atomic mass is 9.97. The minimum absolute atomic E-state index is 0.0754. The summed E-state index contributed by atoms with van der Waals surface area (Å²) in [6.07, 6.45) is 3.76. The van der Waals surface area contributed by atoms with Gasteiger partial charge in [-0.25, -0.2) is 8.42 Å². The zero-order chi connectivity index (χ0) is 18.6. The summed E-state index contributed by atoms with van der Waals surface area (Å²) in [5.41, 5.74) is 0. The Balaban J connectivity index is 1.42. The third-order valence-electron chi connectivity index (χ3n) is 5.31. The summed E-state index contributed by atoms with van der Waals surface area (Å²) < 4.78 is 27.0. The van der Waals surface area contributed by atoms with Crippen molar-refractivity contribution in [2.24, 2.45) is 11.8 Å². The van der Waals surface area contributed by atoms with Gasteiger partial charge in [0.05, 0.1) is 0 Å². The van der Waals surface area contributed by atoms with Crippen molar-refractivity contribution in [2.75, 3.05) is 39.3 Å². The van der Waals surface area contributed by atoms with Crippen molar-refractivity contribution in [1.82, 2.24) is 14.5 Å². The van der Waals surface area contributed by atoms with E-state index in [-0.39, 0.29) is 11.8 Å². The lowest BCUT2D eigenvalue weighted by Gasteiger charge is -2.30. The second kappa shape index (κ2) is 8.82. The van der Waals surface area contributed by atoms with Gasteiger partial charge in [-0.05, 0) is 56.1 Å². The largest absolute Gasteiger partial charge is 0.356 e. The molecule has 3 rings (SSSR count). The maximum absolute atomic E-state index is 12.5. The van der Waals surface area contributed by atoms with Crippen molar-refractivity contribution in [3.8, 4) is 0 Å². The van der Waals surface area contributed by atoms with E-state index in [0.717, 1.165) is 6.54 Å². The number of likely N-dealkylation sites (tertiary alicyclic amines) is 1. The van der Waals surface area contributed by atoms with Crippen LogP contribution in [0.4, 0.5) is 0 Å². The normalized spacial score (nSPS) is 21.7. The summed E-state index contributed by atoms with van der Waals surface area (Å²) in [5, 5.41) is 4.85. The molecule has 0 aliphatic carbocycles. The number of hydrogen-bond donors (Lipinski definition) is 1. The molecule has 6 nitrogen and oxygen atoms in total. The number of amides is 1. The molecule has 0 radical (unpaired) electrons. The van der Waals surface area contributed by atoms with Crippen LogP contribution >= 0.6 is 11.3 Å². The molecule has 26 heavy (non-hydrogen) atoms. The third kappa shape index (κ3) is 4.85. The molecule has 1 aromatic heterocycles. The molecule has 0 spiro atoms. The van der Waals surface area contributed by atoms with E-state index in [1.165, 1.54) is 41.6 Å². The highest BCUT2D eigenvalue weighted by Crippen LogP contribution is 2.26. The molecule has 1 N–H and O–H groups in total. The van der Waals surface area contributed by atoms with Gasteiger partial charge in [0.15, 0.2) is 0 Å². The second-order valence-electron chi connectivity index (χ2n) is 7.47. The number of piperidine rings is 1. The molecular weight excluding hydrogens is 370 g/mol. The van der Waals surface area contributed by atoms with Crippen molar-refractivity contribution in [3.63, 3.8) is 0 Å². The predicted molar refractivity (Wildman–Crippen MR) is 104 cm³/mol. The molecule has 1 amide bonds. The molecule has 2 aliphatic rings. The van der Waals surface area contributed by atoms with Crippen LogP contribution in [0, 0.1) is 11.8 Å². The van der Waals surface area contributed by atoms with Gasteiger partial charge in [0.25, 0.3) is 10.0 Å². The van der Waals surface area contributed by atoms with E-state index in [1.807, 2.05) is 0 Å². The Labute approximate surface area is 160 Å². The Hall–Kier alpha value is -0.960. The molecule has 1 atom stereocenters. The Morgan fingerprint density at radius 2 is 1.96 bits per heavy atom. The van der Waals surface area contributed by atoms with Crippen molar-refractivity contribution in [2.45, 2.75) is 36.8 Å². The number of sulfonamides is 1. The average molecular weight is 400 g/mol. The van der Waals surface area contributed by atoms with E-state index in [0.29, 0.717) is 42.6 Å². The van der Waals surface area contributed by atoms with Crippen LogP contribution in [-0.4, -0.2) is 62.8 Å². The Kier molecular flexibility index (Phi) is 6.71. The SMILES string of the molecule is C[C@@H](CNC(=O)C1CCN(S(=O)(=O)c2cccs2)CC1)CN1CCCC1. The zero-order valence-electron chi connectivity index (χ0n) is 15.4. The summed E-state index contributed by atoms with van der Waals surface area (Å²) in [5.74, 6) is 0.437. The molecule has 8 heteroatoms.